The second-order valence-electron chi connectivity index (χ2n) is 7.63. The van der Waals surface area contributed by atoms with Gasteiger partial charge in [0.15, 0.2) is 0 Å². The Bertz CT molecular complexity index is 1040. The number of nitrogens with one attached hydrogen (secondary N) is 1. The highest BCUT2D eigenvalue weighted by molar-refractivity contribution is 7.18. The highest BCUT2D eigenvalue weighted by atomic mass is 32.1. The zero-order valence-electron chi connectivity index (χ0n) is 16.9. The summed E-state index contributed by atoms with van der Waals surface area (Å²) in [6.07, 6.45) is 6.89. The lowest BCUT2D eigenvalue weighted by Crippen LogP contribution is -2.35. The van der Waals surface area contributed by atoms with E-state index >= 15 is 0 Å². The largest absolute Gasteiger partial charge is 0.468 e. The summed E-state index contributed by atoms with van der Waals surface area (Å²) in [5.41, 5.74) is 1.12. The first-order valence-electron chi connectivity index (χ1n) is 10.3. The van der Waals surface area contributed by atoms with E-state index in [4.69, 9.17) is 14.1 Å². The van der Waals surface area contributed by atoms with Gasteiger partial charge in [0.05, 0.1) is 44.1 Å². The molecule has 1 aliphatic rings. The van der Waals surface area contributed by atoms with Crippen molar-refractivity contribution >= 4 is 21.6 Å². The van der Waals surface area contributed by atoms with Crippen LogP contribution in [0.4, 0.5) is 0 Å². The lowest BCUT2D eigenvalue weighted by molar-refractivity contribution is 0.0210. The predicted molar refractivity (Wildman–Crippen MR) is 117 cm³/mol. The molecule has 1 aliphatic carbocycles. The van der Waals surface area contributed by atoms with E-state index in [1.165, 1.54) is 16.9 Å². The molecular weight excluding hydrogens is 402 g/mol. The van der Waals surface area contributed by atoms with E-state index in [-0.39, 0.29) is 12.2 Å². The number of aryl methyl sites for hydroxylation is 2. The van der Waals surface area contributed by atoms with Gasteiger partial charge in [0.2, 0.25) is 0 Å². The van der Waals surface area contributed by atoms with Crippen molar-refractivity contribution in [2.24, 2.45) is 0 Å². The molecule has 0 bridgehead atoms. The van der Waals surface area contributed by atoms with Gasteiger partial charge in [-0.05, 0) is 43.4 Å². The Labute approximate surface area is 179 Å². The van der Waals surface area contributed by atoms with Crippen LogP contribution in [0.5, 0.6) is 0 Å². The van der Waals surface area contributed by atoms with Gasteiger partial charge < -0.3 is 19.2 Å². The summed E-state index contributed by atoms with van der Waals surface area (Å²) in [4.78, 5) is 24.7. The topological polar surface area (TPSA) is 91.6 Å². The van der Waals surface area contributed by atoms with Gasteiger partial charge >= 0.3 is 0 Å². The Morgan fingerprint density at radius 3 is 3.07 bits per heavy atom. The van der Waals surface area contributed by atoms with Gasteiger partial charge in [0, 0.05) is 11.4 Å². The first-order chi connectivity index (χ1) is 14.6. The number of aliphatic hydroxyl groups excluding tert-OH is 1. The fourth-order valence-electron chi connectivity index (χ4n) is 3.94. The zero-order chi connectivity index (χ0) is 20.9. The molecule has 160 valence electrons. The van der Waals surface area contributed by atoms with Crippen LogP contribution in [-0.2, 0) is 30.7 Å². The van der Waals surface area contributed by atoms with Crippen LogP contribution in [0.1, 0.15) is 34.9 Å². The number of hydrogen-bond acceptors (Lipinski definition) is 7. The molecule has 3 heterocycles. The number of H-pyrrole nitrogens is 1. The Balaban J connectivity index is 1.54. The number of aliphatic hydroxyl groups is 1. The summed E-state index contributed by atoms with van der Waals surface area (Å²) in [5, 5.41) is 11.1. The minimum atomic E-state index is -0.676. The van der Waals surface area contributed by atoms with Crippen molar-refractivity contribution in [1.29, 1.82) is 0 Å². The van der Waals surface area contributed by atoms with Crippen molar-refractivity contribution in [3.63, 3.8) is 0 Å². The predicted octanol–water partition coefficient (Wildman–Crippen LogP) is 3.02. The van der Waals surface area contributed by atoms with Gasteiger partial charge in [-0.25, -0.2) is 4.98 Å². The average molecular weight is 430 g/mol. The van der Waals surface area contributed by atoms with Crippen LogP contribution in [-0.4, -0.2) is 45.8 Å². The van der Waals surface area contributed by atoms with E-state index in [0.29, 0.717) is 32.1 Å². The van der Waals surface area contributed by atoms with Crippen LogP contribution in [0, 0.1) is 0 Å². The van der Waals surface area contributed by atoms with E-state index in [0.717, 1.165) is 35.2 Å². The van der Waals surface area contributed by atoms with E-state index < -0.39 is 6.10 Å². The SMILES string of the molecule is C=CCOC[C@@H](O)CN(Cc1nc2sc3c(c2c(=O)[nH]1)CCCC3)Cc1ccco1. The van der Waals surface area contributed by atoms with Crippen molar-refractivity contribution in [1.82, 2.24) is 14.9 Å². The van der Waals surface area contributed by atoms with Gasteiger partial charge in [0.25, 0.3) is 5.56 Å². The van der Waals surface area contributed by atoms with Gasteiger partial charge in [-0.2, -0.15) is 0 Å². The Hall–Kier alpha value is -2.26. The number of furan rings is 1. The molecule has 30 heavy (non-hydrogen) atoms. The normalized spacial score (nSPS) is 14.9. The van der Waals surface area contributed by atoms with Crippen molar-refractivity contribution in [3.8, 4) is 0 Å². The number of aromatic nitrogens is 2. The second kappa shape index (κ2) is 9.70. The Morgan fingerprint density at radius 2 is 2.27 bits per heavy atom. The number of hydrogen-bond donors (Lipinski definition) is 2. The molecule has 0 spiro atoms. The molecule has 0 saturated heterocycles. The molecule has 0 fully saturated rings. The monoisotopic (exact) mass is 429 g/mol. The number of fused-ring (bicyclic) bond motifs is 3. The minimum Gasteiger partial charge on any atom is -0.468 e. The molecule has 0 aromatic carbocycles. The van der Waals surface area contributed by atoms with E-state index in [1.807, 2.05) is 17.0 Å². The summed E-state index contributed by atoms with van der Waals surface area (Å²) in [6, 6.07) is 3.72. The van der Waals surface area contributed by atoms with E-state index in [9.17, 15) is 9.90 Å². The number of thiophene rings is 1. The van der Waals surface area contributed by atoms with Crippen LogP contribution in [0.15, 0.2) is 40.3 Å². The third-order valence-electron chi connectivity index (χ3n) is 5.22. The third-order valence-corrected chi connectivity index (χ3v) is 6.41. The van der Waals surface area contributed by atoms with Crippen molar-refractivity contribution in [3.05, 3.63) is 63.4 Å². The molecule has 3 aromatic rings. The molecule has 7 nitrogen and oxygen atoms in total. The van der Waals surface area contributed by atoms with Crippen molar-refractivity contribution in [2.45, 2.75) is 44.9 Å². The molecule has 0 amide bonds. The number of nitrogens with zero attached hydrogens (tertiary/aromatic N) is 2. The molecule has 0 radical (unpaired) electrons. The Kier molecular flexibility index (Phi) is 6.79. The lowest BCUT2D eigenvalue weighted by Gasteiger charge is -2.23. The number of ether oxygens (including phenoxy) is 1. The quantitative estimate of drug-likeness (QED) is 0.380. The van der Waals surface area contributed by atoms with Crippen molar-refractivity contribution in [2.75, 3.05) is 19.8 Å². The van der Waals surface area contributed by atoms with Crippen LogP contribution < -0.4 is 5.56 Å². The van der Waals surface area contributed by atoms with Crippen LogP contribution >= 0.6 is 11.3 Å². The first-order valence-corrected chi connectivity index (χ1v) is 11.1. The Morgan fingerprint density at radius 1 is 1.40 bits per heavy atom. The fourth-order valence-corrected chi connectivity index (χ4v) is 5.22. The molecule has 0 aliphatic heterocycles. The number of rotatable bonds is 10. The molecule has 0 saturated carbocycles. The summed E-state index contributed by atoms with van der Waals surface area (Å²) in [6.45, 7) is 5.46. The maximum atomic E-state index is 12.8. The molecule has 1 atom stereocenters. The minimum absolute atomic E-state index is 0.0674. The second-order valence-corrected chi connectivity index (χ2v) is 8.72. The van der Waals surface area contributed by atoms with Crippen LogP contribution in [0.25, 0.3) is 10.2 Å². The fraction of sp³-hybridized carbons (Fsp3) is 0.455. The average Bonchev–Trinajstić information content (AvgIpc) is 3.35. The number of aromatic amines is 1. The van der Waals surface area contributed by atoms with Gasteiger partial charge in [-0.1, -0.05) is 6.08 Å². The lowest BCUT2D eigenvalue weighted by atomic mass is 9.97. The highest BCUT2D eigenvalue weighted by Gasteiger charge is 2.21. The van der Waals surface area contributed by atoms with E-state index in [2.05, 4.69) is 11.6 Å². The zero-order valence-corrected chi connectivity index (χ0v) is 17.7. The standard InChI is InChI=1S/C22H27N3O4S/c1-2-9-28-14-15(26)11-25(12-16-6-5-10-29-16)13-19-23-21(27)20-17-7-3-4-8-18(17)30-22(20)24-19/h2,5-6,10,15,26H,1,3-4,7-9,11-14H2,(H,23,24,27)/t15-/m0/s1. The molecule has 3 aromatic heterocycles. The van der Waals surface area contributed by atoms with Gasteiger partial charge in [0.1, 0.15) is 16.4 Å². The summed E-state index contributed by atoms with van der Waals surface area (Å²) in [7, 11) is 0. The maximum Gasteiger partial charge on any atom is 0.259 e. The van der Waals surface area contributed by atoms with Gasteiger partial charge in [-0.15, -0.1) is 17.9 Å². The smallest absolute Gasteiger partial charge is 0.259 e. The third kappa shape index (κ3) is 4.89. The van der Waals surface area contributed by atoms with Gasteiger partial charge in [-0.3, -0.25) is 9.69 Å². The first kappa shape index (κ1) is 21.0. The maximum absolute atomic E-state index is 12.8. The molecular formula is C22H27N3O4S. The molecule has 4 rings (SSSR count). The van der Waals surface area contributed by atoms with E-state index in [1.54, 1.807) is 23.7 Å². The summed E-state index contributed by atoms with van der Waals surface area (Å²) < 4.78 is 10.8. The van der Waals surface area contributed by atoms with Crippen molar-refractivity contribution < 1.29 is 14.3 Å². The summed E-state index contributed by atoms with van der Waals surface area (Å²) in [5.74, 6) is 1.38. The van der Waals surface area contributed by atoms with Crippen LogP contribution in [0.2, 0.25) is 0 Å². The van der Waals surface area contributed by atoms with Crippen LogP contribution in [0.3, 0.4) is 0 Å². The molecule has 8 heteroatoms. The molecule has 2 N–H and O–H groups in total. The summed E-state index contributed by atoms with van der Waals surface area (Å²) >= 11 is 1.64. The molecule has 0 unspecified atom stereocenters. The highest BCUT2D eigenvalue weighted by Crippen LogP contribution is 2.33.